The third-order valence-corrected chi connectivity index (χ3v) is 4.56. The lowest BCUT2D eigenvalue weighted by atomic mass is 10.3. The summed E-state index contributed by atoms with van der Waals surface area (Å²) in [5.41, 5.74) is 1.02. The van der Waals surface area contributed by atoms with E-state index in [9.17, 15) is 0 Å². The molecule has 0 saturated carbocycles. The van der Waals surface area contributed by atoms with Crippen molar-refractivity contribution in [2.24, 2.45) is 0 Å². The highest BCUT2D eigenvalue weighted by atomic mass is 32.1. The van der Waals surface area contributed by atoms with E-state index in [2.05, 4.69) is 53.9 Å². The van der Waals surface area contributed by atoms with E-state index in [4.69, 9.17) is 5.11 Å². The van der Waals surface area contributed by atoms with Crippen LogP contribution in [0.15, 0.2) is 11.4 Å². The van der Waals surface area contributed by atoms with Crippen molar-refractivity contribution < 1.29 is 5.11 Å². The summed E-state index contributed by atoms with van der Waals surface area (Å²) in [7, 11) is 0. The number of aliphatic hydroxyl groups is 1. The fourth-order valence-electron chi connectivity index (χ4n) is 2.30. The van der Waals surface area contributed by atoms with E-state index in [0.717, 1.165) is 38.3 Å². The molecule has 0 aliphatic heterocycles. The Hall–Kier alpha value is -0.860. The van der Waals surface area contributed by atoms with Crippen molar-refractivity contribution in [2.75, 3.05) is 39.3 Å². The first kappa shape index (κ1) is 18.2. The van der Waals surface area contributed by atoms with Crippen LogP contribution in [0.5, 0.6) is 0 Å². The second-order valence-electron chi connectivity index (χ2n) is 5.01. The van der Waals surface area contributed by atoms with Crippen molar-refractivity contribution in [1.29, 1.82) is 0 Å². The Labute approximate surface area is 133 Å². The quantitative estimate of drug-likeness (QED) is 0.711. The van der Waals surface area contributed by atoms with E-state index in [1.807, 2.05) is 0 Å². The second kappa shape index (κ2) is 10.8. The van der Waals surface area contributed by atoms with Crippen molar-refractivity contribution in [2.45, 2.75) is 33.7 Å². The highest BCUT2D eigenvalue weighted by Gasteiger charge is 2.07. The van der Waals surface area contributed by atoms with Crippen molar-refractivity contribution in [1.82, 2.24) is 9.80 Å². The fraction of sp³-hybridized carbons (Fsp3) is 0.647. The first-order valence-corrected chi connectivity index (χ1v) is 8.73. The predicted octanol–water partition coefficient (Wildman–Crippen LogP) is 2.65. The molecule has 1 aromatic rings. The normalized spacial score (nSPS) is 11.0. The van der Waals surface area contributed by atoms with Gasteiger partial charge >= 0.3 is 0 Å². The smallest absolute Gasteiger partial charge is 0.104 e. The molecule has 0 aliphatic carbocycles. The maximum absolute atomic E-state index is 8.72. The van der Waals surface area contributed by atoms with Gasteiger partial charge in [0.15, 0.2) is 0 Å². The molecule has 1 heterocycles. The summed E-state index contributed by atoms with van der Waals surface area (Å²) < 4.78 is 0. The van der Waals surface area contributed by atoms with E-state index in [1.54, 1.807) is 11.3 Å². The van der Waals surface area contributed by atoms with Gasteiger partial charge in [-0.1, -0.05) is 32.6 Å². The first-order chi connectivity index (χ1) is 10.2. The minimum absolute atomic E-state index is 0.0718. The maximum atomic E-state index is 8.72. The van der Waals surface area contributed by atoms with Gasteiger partial charge in [-0.15, -0.1) is 11.3 Å². The van der Waals surface area contributed by atoms with E-state index >= 15 is 0 Å². The summed E-state index contributed by atoms with van der Waals surface area (Å²) in [6.45, 7) is 13.3. The van der Waals surface area contributed by atoms with Crippen LogP contribution in [0.25, 0.3) is 0 Å². The molecule has 0 atom stereocenters. The van der Waals surface area contributed by atoms with Crippen molar-refractivity contribution in [3.05, 3.63) is 21.9 Å². The highest BCUT2D eigenvalue weighted by Crippen LogP contribution is 2.16. The van der Waals surface area contributed by atoms with E-state index in [1.165, 1.54) is 17.8 Å². The second-order valence-corrected chi connectivity index (χ2v) is 6.01. The number of rotatable bonds is 9. The fourth-order valence-corrected chi connectivity index (χ4v) is 3.16. The summed E-state index contributed by atoms with van der Waals surface area (Å²) >= 11 is 1.76. The molecule has 0 saturated heterocycles. The Morgan fingerprint density at radius 2 is 1.76 bits per heavy atom. The molecule has 0 aromatic carbocycles. The van der Waals surface area contributed by atoms with Crippen molar-refractivity contribution in [3.63, 3.8) is 0 Å². The Bertz CT molecular complexity index is 443. The van der Waals surface area contributed by atoms with Gasteiger partial charge < -0.3 is 10.0 Å². The molecule has 118 valence electrons. The molecule has 0 aliphatic rings. The predicted molar refractivity (Wildman–Crippen MR) is 91.6 cm³/mol. The lowest BCUT2D eigenvalue weighted by Crippen LogP contribution is -2.29. The Morgan fingerprint density at radius 1 is 1.10 bits per heavy atom. The largest absolute Gasteiger partial charge is 0.384 e. The van der Waals surface area contributed by atoms with Crippen molar-refractivity contribution in [3.8, 4) is 11.8 Å². The Balaban J connectivity index is 2.41. The molecular formula is C17H28N2OS. The van der Waals surface area contributed by atoms with Crippen LogP contribution in [0.2, 0.25) is 0 Å². The maximum Gasteiger partial charge on any atom is 0.104 e. The number of thiophene rings is 1. The van der Waals surface area contributed by atoms with Crippen LogP contribution in [-0.2, 0) is 6.54 Å². The van der Waals surface area contributed by atoms with Gasteiger partial charge in [-0.05, 0) is 45.2 Å². The van der Waals surface area contributed by atoms with Crippen LogP contribution in [0.3, 0.4) is 0 Å². The number of hydrogen-bond donors (Lipinski definition) is 1. The monoisotopic (exact) mass is 308 g/mol. The highest BCUT2D eigenvalue weighted by molar-refractivity contribution is 7.10. The zero-order valence-electron chi connectivity index (χ0n) is 13.6. The van der Waals surface area contributed by atoms with Gasteiger partial charge in [0.1, 0.15) is 6.61 Å². The van der Waals surface area contributed by atoms with Crippen molar-refractivity contribution >= 4 is 11.3 Å². The molecule has 0 unspecified atom stereocenters. The van der Waals surface area contributed by atoms with E-state index in [0.29, 0.717) is 0 Å². The molecule has 1 rings (SSSR count). The molecule has 0 bridgehead atoms. The zero-order valence-corrected chi connectivity index (χ0v) is 14.4. The summed E-state index contributed by atoms with van der Waals surface area (Å²) in [6.07, 6.45) is 1.22. The molecular weight excluding hydrogens is 280 g/mol. The summed E-state index contributed by atoms with van der Waals surface area (Å²) in [5, 5.41) is 10.8. The SMILES string of the molecule is CCN(CC)CCCN(CC)Cc1cc(C#CCO)cs1. The van der Waals surface area contributed by atoms with Gasteiger partial charge in [-0.3, -0.25) is 4.90 Å². The minimum atomic E-state index is -0.0718. The summed E-state index contributed by atoms with van der Waals surface area (Å²) in [6, 6.07) is 2.14. The van der Waals surface area contributed by atoms with Gasteiger partial charge in [0, 0.05) is 22.4 Å². The van der Waals surface area contributed by atoms with E-state index in [-0.39, 0.29) is 6.61 Å². The molecule has 1 aromatic heterocycles. The van der Waals surface area contributed by atoms with Gasteiger partial charge in [0.25, 0.3) is 0 Å². The minimum Gasteiger partial charge on any atom is -0.384 e. The average Bonchev–Trinajstić information content (AvgIpc) is 2.95. The van der Waals surface area contributed by atoms with Crippen LogP contribution in [0, 0.1) is 11.8 Å². The molecule has 0 spiro atoms. The zero-order chi connectivity index (χ0) is 15.5. The molecule has 0 fully saturated rings. The molecule has 0 amide bonds. The average molecular weight is 308 g/mol. The molecule has 3 nitrogen and oxygen atoms in total. The summed E-state index contributed by atoms with van der Waals surface area (Å²) in [4.78, 5) is 6.31. The number of nitrogens with zero attached hydrogens (tertiary/aromatic N) is 2. The standard InChI is InChI=1S/C17H28N2OS/c1-4-18(5-2)10-8-11-19(6-3)14-17-13-16(15-21-17)9-7-12-20/h13,15,20H,4-6,8,10-12,14H2,1-3H3. The molecule has 1 N–H and O–H groups in total. The van der Waals surface area contributed by atoms with Crippen LogP contribution >= 0.6 is 11.3 Å². The van der Waals surface area contributed by atoms with Gasteiger partial charge in [-0.25, -0.2) is 0 Å². The third kappa shape index (κ3) is 7.10. The van der Waals surface area contributed by atoms with Gasteiger partial charge in [0.05, 0.1) is 0 Å². The lowest BCUT2D eigenvalue weighted by molar-refractivity contribution is 0.240. The van der Waals surface area contributed by atoms with Crippen LogP contribution < -0.4 is 0 Å². The third-order valence-electron chi connectivity index (χ3n) is 3.64. The molecule has 0 radical (unpaired) electrons. The Kier molecular flexibility index (Phi) is 9.36. The van der Waals surface area contributed by atoms with E-state index < -0.39 is 0 Å². The van der Waals surface area contributed by atoms with Gasteiger partial charge in [0.2, 0.25) is 0 Å². The Morgan fingerprint density at radius 3 is 2.38 bits per heavy atom. The lowest BCUT2D eigenvalue weighted by Gasteiger charge is -2.22. The molecule has 4 heteroatoms. The van der Waals surface area contributed by atoms with Crippen LogP contribution in [0.4, 0.5) is 0 Å². The summed E-state index contributed by atoms with van der Waals surface area (Å²) in [5.74, 6) is 5.66. The topological polar surface area (TPSA) is 26.7 Å². The van der Waals surface area contributed by atoms with Gasteiger partial charge in [-0.2, -0.15) is 0 Å². The first-order valence-electron chi connectivity index (χ1n) is 7.85. The van der Waals surface area contributed by atoms with Crippen LogP contribution in [0.1, 0.15) is 37.6 Å². The number of aliphatic hydroxyl groups excluding tert-OH is 1. The van der Waals surface area contributed by atoms with Crippen LogP contribution in [-0.4, -0.2) is 54.2 Å². The molecule has 21 heavy (non-hydrogen) atoms. The number of hydrogen-bond acceptors (Lipinski definition) is 4.